The van der Waals surface area contributed by atoms with E-state index in [1.165, 1.54) is 0 Å². The predicted molar refractivity (Wildman–Crippen MR) is 30.0 cm³/mol. The van der Waals surface area contributed by atoms with E-state index in [4.69, 9.17) is 5.26 Å². The van der Waals surface area contributed by atoms with Crippen LogP contribution in [0.3, 0.4) is 0 Å². The Balaban J connectivity index is 0. The van der Waals surface area contributed by atoms with Crippen LogP contribution in [0.4, 0.5) is 0 Å². The van der Waals surface area contributed by atoms with Crippen LogP contribution >= 0.6 is 0 Å². The van der Waals surface area contributed by atoms with Gasteiger partial charge in [0.1, 0.15) is 0 Å². The molecule has 1 nitrogen and oxygen atoms in total. The van der Waals surface area contributed by atoms with Crippen molar-refractivity contribution in [1.29, 1.82) is 5.26 Å². The summed E-state index contributed by atoms with van der Waals surface area (Å²) in [6, 6.07) is 11.7. The summed E-state index contributed by atoms with van der Waals surface area (Å²) in [6.45, 7) is 0. The van der Waals surface area contributed by atoms with E-state index in [0.717, 1.165) is 0 Å². The van der Waals surface area contributed by atoms with Gasteiger partial charge >= 0.3 is 0 Å². The first kappa shape index (κ1) is 12.7. The van der Waals surface area contributed by atoms with Crippen molar-refractivity contribution < 1.29 is 43.5 Å². The van der Waals surface area contributed by atoms with Gasteiger partial charge in [-0.1, -0.05) is 12.1 Å². The minimum absolute atomic E-state index is 0. The first-order valence-electron chi connectivity index (χ1n) is 2.29. The number of hydrogen-bond donors (Lipinski definition) is 0. The number of nitriles is 1. The van der Waals surface area contributed by atoms with Crippen LogP contribution in [0.5, 0.6) is 0 Å². The molecular formula is C7H4INZn-. The second-order valence-corrected chi connectivity index (χ2v) is 1.40. The molecule has 0 aliphatic carbocycles. The average Bonchev–Trinajstić information content (AvgIpc) is 1.90. The van der Waals surface area contributed by atoms with Gasteiger partial charge in [-0.2, -0.15) is 5.26 Å². The first-order chi connectivity index (χ1) is 3.93. The van der Waals surface area contributed by atoms with Crippen LogP contribution in [0.2, 0.25) is 0 Å². The number of benzene rings is 1. The molecule has 1 radical (unpaired) electrons. The molecule has 0 aliphatic heterocycles. The van der Waals surface area contributed by atoms with Crippen molar-refractivity contribution in [3.8, 4) is 6.07 Å². The van der Waals surface area contributed by atoms with Gasteiger partial charge in [0.25, 0.3) is 0 Å². The van der Waals surface area contributed by atoms with Gasteiger partial charge in [0.15, 0.2) is 0 Å². The van der Waals surface area contributed by atoms with Crippen LogP contribution in [0.15, 0.2) is 24.3 Å². The van der Waals surface area contributed by atoms with E-state index < -0.39 is 0 Å². The zero-order valence-electron chi connectivity index (χ0n) is 5.34. The fourth-order valence-corrected chi connectivity index (χ4v) is 0.463. The smallest absolute Gasteiger partial charge is 0.0991 e. The molecule has 0 aliphatic rings. The Morgan fingerprint density at radius 1 is 1.50 bits per heavy atom. The Kier molecular flexibility index (Phi) is 9.12. The standard InChI is InChI=1S/C7H4N.HI.Zn/c8-6-7-4-2-1-3-5-7;;/h1-2,4-5H;1H;/p-1. The Bertz CT molecular complexity index is 205. The zero-order valence-corrected chi connectivity index (χ0v) is 10.5. The van der Waals surface area contributed by atoms with Crippen LogP contribution < -0.4 is 24.0 Å². The van der Waals surface area contributed by atoms with Crippen molar-refractivity contribution >= 4 is 0 Å². The fourth-order valence-electron chi connectivity index (χ4n) is 0.463. The zero-order chi connectivity index (χ0) is 5.82. The van der Waals surface area contributed by atoms with E-state index in [2.05, 4.69) is 6.07 Å². The van der Waals surface area contributed by atoms with Crippen molar-refractivity contribution in [2.24, 2.45) is 0 Å². The molecule has 1 rings (SSSR count). The molecule has 1 aromatic rings. The summed E-state index contributed by atoms with van der Waals surface area (Å²) in [5.41, 5.74) is 0.660. The molecule has 0 fully saturated rings. The molecule has 0 saturated carbocycles. The third-order valence-corrected chi connectivity index (χ3v) is 0.836. The van der Waals surface area contributed by atoms with Crippen molar-refractivity contribution in [2.75, 3.05) is 0 Å². The monoisotopic (exact) mass is 293 g/mol. The van der Waals surface area contributed by atoms with E-state index in [0.29, 0.717) is 5.56 Å². The number of nitrogens with zero attached hydrogens (tertiary/aromatic N) is 1. The van der Waals surface area contributed by atoms with Crippen LogP contribution in [0.1, 0.15) is 5.56 Å². The summed E-state index contributed by atoms with van der Waals surface area (Å²) in [7, 11) is 0. The Labute approximate surface area is 90.2 Å². The normalized spacial score (nSPS) is 6.30. The summed E-state index contributed by atoms with van der Waals surface area (Å²) in [4.78, 5) is 0. The van der Waals surface area contributed by atoms with Gasteiger partial charge in [-0.05, 0) is 18.2 Å². The third-order valence-electron chi connectivity index (χ3n) is 0.836. The van der Waals surface area contributed by atoms with Gasteiger partial charge in [-0.25, -0.2) is 0 Å². The van der Waals surface area contributed by atoms with Crippen LogP contribution in [0.25, 0.3) is 0 Å². The van der Waals surface area contributed by atoms with Crippen molar-refractivity contribution in [3.05, 3.63) is 35.9 Å². The first-order valence-corrected chi connectivity index (χ1v) is 2.29. The maximum atomic E-state index is 8.27. The fraction of sp³-hybridized carbons (Fsp3) is 0. The molecule has 0 atom stereocenters. The van der Waals surface area contributed by atoms with Gasteiger partial charge in [-0.15, -0.1) is 0 Å². The quantitative estimate of drug-likeness (QED) is 0.416. The summed E-state index contributed by atoms with van der Waals surface area (Å²) < 4.78 is 0. The summed E-state index contributed by atoms with van der Waals surface area (Å²) in [6.07, 6.45) is 0. The maximum absolute atomic E-state index is 8.27. The van der Waals surface area contributed by atoms with E-state index >= 15 is 0 Å². The minimum atomic E-state index is 0. The van der Waals surface area contributed by atoms with Gasteiger partial charge in [0.2, 0.25) is 0 Å². The molecule has 0 aromatic heterocycles. The number of hydrogen-bond acceptors (Lipinski definition) is 1. The van der Waals surface area contributed by atoms with Crippen LogP contribution in [0, 0.1) is 17.4 Å². The molecule has 0 bridgehead atoms. The van der Waals surface area contributed by atoms with E-state index in [9.17, 15) is 0 Å². The second-order valence-electron chi connectivity index (χ2n) is 1.40. The Morgan fingerprint density at radius 2 is 2.20 bits per heavy atom. The maximum Gasteiger partial charge on any atom is 0.0991 e. The average molecular weight is 294 g/mol. The minimum Gasteiger partial charge on any atom is -1.00 e. The molecule has 0 saturated heterocycles. The van der Waals surface area contributed by atoms with E-state index in [1.54, 1.807) is 24.3 Å². The summed E-state index contributed by atoms with van der Waals surface area (Å²) >= 11 is 0. The Hall–Kier alpha value is 0.0634. The Morgan fingerprint density at radius 3 is 2.50 bits per heavy atom. The number of rotatable bonds is 0. The molecule has 1 aromatic carbocycles. The largest absolute Gasteiger partial charge is 1.00 e. The third kappa shape index (κ3) is 3.97. The van der Waals surface area contributed by atoms with Crippen LogP contribution in [-0.4, -0.2) is 0 Å². The molecule has 10 heavy (non-hydrogen) atoms. The molecule has 0 spiro atoms. The van der Waals surface area contributed by atoms with Gasteiger partial charge < -0.3 is 24.0 Å². The van der Waals surface area contributed by atoms with Crippen molar-refractivity contribution in [2.45, 2.75) is 0 Å². The van der Waals surface area contributed by atoms with Crippen molar-refractivity contribution in [3.63, 3.8) is 0 Å². The predicted octanol–water partition coefficient (Wildman–Crippen LogP) is -1.64. The summed E-state index contributed by atoms with van der Waals surface area (Å²) in [5.74, 6) is 0. The molecule has 3 heteroatoms. The molecule has 0 heterocycles. The molecule has 0 amide bonds. The van der Waals surface area contributed by atoms with Crippen molar-refractivity contribution in [1.82, 2.24) is 0 Å². The SMILES string of the molecule is N#Cc1c[c]ccc1.[I-].[Zn]. The van der Waals surface area contributed by atoms with Gasteiger partial charge in [0.05, 0.1) is 11.6 Å². The topological polar surface area (TPSA) is 23.8 Å². The molecule has 0 N–H and O–H groups in total. The van der Waals surface area contributed by atoms with Gasteiger partial charge in [-0.3, -0.25) is 0 Å². The van der Waals surface area contributed by atoms with Crippen LogP contribution in [-0.2, 0) is 19.5 Å². The summed E-state index contributed by atoms with van der Waals surface area (Å²) in [5, 5.41) is 8.27. The molecule has 0 unspecified atom stereocenters. The number of halogens is 1. The van der Waals surface area contributed by atoms with E-state index in [1.807, 2.05) is 6.07 Å². The molecule has 47 valence electrons. The van der Waals surface area contributed by atoms with E-state index in [-0.39, 0.29) is 43.5 Å². The second kappa shape index (κ2) is 7.17. The molecular weight excluding hydrogens is 290 g/mol. The van der Waals surface area contributed by atoms with Gasteiger partial charge in [0, 0.05) is 19.5 Å².